The van der Waals surface area contributed by atoms with Gasteiger partial charge in [-0.15, -0.1) is 0 Å². The van der Waals surface area contributed by atoms with E-state index in [1.165, 1.54) is 0 Å². The lowest BCUT2D eigenvalue weighted by Crippen LogP contribution is -2.67. The second-order valence-corrected chi connectivity index (χ2v) is 17.9. The van der Waals surface area contributed by atoms with Crippen LogP contribution in [0.3, 0.4) is 0 Å². The molecule has 250 valence electrons. The number of carbonyl (C=O) groups excluding carboxylic acids is 1. The van der Waals surface area contributed by atoms with E-state index < -0.39 is 22.3 Å². The van der Waals surface area contributed by atoms with Crippen molar-refractivity contribution in [1.29, 1.82) is 0 Å². The van der Waals surface area contributed by atoms with Gasteiger partial charge in [0.15, 0.2) is 0 Å². The number of amides is 1. The third-order valence-corrected chi connectivity index (χ3v) is 14.3. The number of aliphatic hydroxyl groups is 3. The zero-order valence-corrected chi connectivity index (χ0v) is 28.4. The van der Waals surface area contributed by atoms with Crippen LogP contribution in [0.15, 0.2) is 0 Å². The first kappa shape index (κ1) is 35.1. The van der Waals surface area contributed by atoms with Gasteiger partial charge in [-0.25, -0.2) is 8.42 Å². The van der Waals surface area contributed by atoms with Gasteiger partial charge in [-0.1, -0.05) is 27.7 Å². The van der Waals surface area contributed by atoms with Gasteiger partial charge >= 0.3 is 0 Å². The number of hydrogen-bond donors (Lipinski definition) is 4. The first-order valence-electron chi connectivity index (χ1n) is 16.9. The second kappa shape index (κ2) is 12.8. The maximum absolute atomic E-state index is 12.7. The Labute approximate surface area is 260 Å². The summed E-state index contributed by atoms with van der Waals surface area (Å²) in [5.74, 6) is 0.946. The Morgan fingerprint density at radius 1 is 1.02 bits per heavy atom. The van der Waals surface area contributed by atoms with Gasteiger partial charge in [-0.2, -0.15) is 0 Å². The fraction of sp³-hybridized carbons (Fsp3) is 0.970. The highest BCUT2D eigenvalue weighted by Crippen LogP contribution is 2.73. The van der Waals surface area contributed by atoms with E-state index in [0.29, 0.717) is 42.8 Å². The molecule has 0 unspecified atom stereocenters. The predicted octanol–water partition coefficient (Wildman–Crippen LogP) is 3.27. The van der Waals surface area contributed by atoms with Crippen LogP contribution in [-0.2, 0) is 14.9 Å². The average Bonchev–Trinajstić information content (AvgIpc) is 3.24. The minimum absolute atomic E-state index is 0.00583. The van der Waals surface area contributed by atoms with Gasteiger partial charge in [0.25, 0.3) is 0 Å². The lowest BCUT2D eigenvalue weighted by molar-refractivity contribution is -0.890. The fourth-order valence-corrected chi connectivity index (χ4v) is 11.3. The molecule has 0 spiro atoms. The number of nitrogens with zero attached hydrogens (tertiary/aromatic N) is 1. The minimum Gasteiger partial charge on any atom is -0.748 e. The average molecular weight is 629 g/mol. The van der Waals surface area contributed by atoms with E-state index in [9.17, 15) is 33.1 Å². The van der Waals surface area contributed by atoms with Gasteiger partial charge in [-0.05, 0) is 97.2 Å². The summed E-state index contributed by atoms with van der Waals surface area (Å²) >= 11 is 0. The topological polar surface area (TPSA) is 147 Å². The summed E-state index contributed by atoms with van der Waals surface area (Å²) in [6.07, 6.45) is 7.13. The van der Waals surface area contributed by atoms with E-state index in [4.69, 9.17) is 0 Å². The maximum Gasteiger partial charge on any atom is 0.220 e. The molecule has 4 saturated carbocycles. The Hall–Kier alpha value is -0.780. The zero-order valence-electron chi connectivity index (χ0n) is 27.6. The van der Waals surface area contributed by atoms with Crippen molar-refractivity contribution < 1.29 is 37.6 Å². The molecule has 0 heterocycles. The third kappa shape index (κ3) is 6.99. The van der Waals surface area contributed by atoms with Crippen molar-refractivity contribution in [2.24, 2.45) is 45.8 Å². The summed E-state index contributed by atoms with van der Waals surface area (Å²) in [6, 6.07) is 0. The monoisotopic (exact) mass is 628 g/mol. The molecular weight excluding hydrogens is 568 g/mol. The molecule has 0 radical (unpaired) electrons. The fourth-order valence-electron chi connectivity index (χ4n) is 10.8. The van der Waals surface area contributed by atoms with Crippen molar-refractivity contribution in [3.05, 3.63) is 0 Å². The van der Waals surface area contributed by atoms with Crippen LogP contribution in [0.5, 0.6) is 0 Å². The SMILES string of the molecule is C[C@H](CCC(=O)NCCC[N+](C)(C)CCCS(=O)(=O)[O-])[C@H]1CC[C@H]2[C@@H]3[C@H](O)C[C@@H]4C[C@H](O)CC[C@]4(C)[C@@]3(C)C[C@H](O)[C@]12C. The van der Waals surface area contributed by atoms with Crippen LogP contribution in [0.2, 0.25) is 0 Å². The molecule has 11 atom stereocenters. The summed E-state index contributed by atoms with van der Waals surface area (Å²) < 4.78 is 33.2. The van der Waals surface area contributed by atoms with Gasteiger partial charge in [0.2, 0.25) is 5.91 Å². The van der Waals surface area contributed by atoms with Crippen molar-refractivity contribution >= 4 is 16.0 Å². The summed E-state index contributed by atoms with van der Waals surface area (Å²) in [5.41, 5.74) is -0.447. The number of quaternary nitrogens is 1. The van der Waals surface area contributed by atoms with Crippen molar-refractivity contribution in [2.75, 3.05) is 39.5 Å². The Morgan fingerprint density at radius 3 is 2.37 bits per heavy atom. The van der Waals surface area contributed by atoms with Gasteiger partial charge in [0.05, 0.1) is 55.6 Å². The van der Waals surface area contributed by atoms with E-state index in [0.717, 1.165) is 57.9 Å². The molecule has 0 aromatic heterocycles. The Morgan fingerprint density at radius 2 is 1.70 bits per heavy atom. The normalized spacial score (nSPS) is 42.0. The van der Waals surface area contributed by atoms with Crippen LogP contribution in [-0.4, -0.2) is 96.5 Å². The summed E-state index contributed by atoms with van der Waals surface area (Å²) in [6.45, 7) is 11.1. The van der Waals surface area contributed by atoms with E-state index >= 15 is 0 Å². The van der Waals surface area contributed by atoms with E-state index in [1.54, 1.807) is 0 Å². The largest absolute Gasteiger partial charge is 0.748 e. The summed E-state index contributed by atoms with van der Waals surface area (Å²) in [4.78, 5) is 12.7. The predicted molar refractivity (Wildman–Crippen MR) is 166 cm³/mol. The molecule has 4 aliphatic carbocycles. The lowest BCUT2D eigenvalue weighted by Gasteiger charge is -2.69. The van der Waals surface area contributed by atoms with Crippen LogP contribution in [0.25, 0.3) is 0 Å². The summed E-state index contributed by atoms with van der Waals surface area (Å²) in [5, 5.41) is 37.0. The summed E-state index contributed by atoms with van der Waals surface area (Å²) in [7, 11) is -0.179. The number of fused-ring (bicyclic) bond motifs is 5. The van der Waals surface area contributed by atoms with Crippen molar-refractivity contribution in [3.63, 3.8) is 0 Å². The molecular formula is C33H60N2O7S. The molecule has 0 aliphatic heterocycles. The molecule has 0 aromatic rings. The zero-order chi connectivity index (χ0) is 32.0. The lowest BCUT2D eigenvalue weighted by atomic mass is 9.37. The molecule has 4 rings (SSSR count). The second-order valence-electron chi connectivity index (χ2n) is 16.4. The molecule has 1 amide bonds. The Balaban J connectivity index is 1.30. The maximum atomic E-state index is 12.7. The molecule has 43 heavy (non-hydrogen) atoms. The third-order valence-electron chi connectivity index (χ3n) is 13.5. The van der Waals surface area contributed by atoms with Gasteiger partial charge in [-0.3, -0.25) is 4.79 Å². The van der Waals surface area contributed by atoms with Crippen LogP contribution < -0.4 is 5.32 Å². The molecule has 0 bridgehead atoms. The number of nitrogens with one attached hydrogen (secondary N) is 1. The number of aliphatic hydroxyl groups excluding tert-OH is 3. The van der Waals surface area contributed by atoms with Crippen LogP contribution in [0.1, 0.15) is 98.3 Å². The number of rotatable bonds is 12. The Kier molecular flexibility index (Phi) is 10.4. The van der Waals surface area contributed by atoms with Crippen molar-refractivity contribution in [1.82, 2.24) is 5.32 Å². The van der Waals surface area contributed by atoms with Crippen molar-refractivity contribution in [2.45, 2.75) is 117 Å². The quantitative estimate of drug-likeness (QED) is 0.147. The van der Waals surface area contributed by atoms with E-state index in [-0.39, 0.29) is 57.7 Å². The molecule has 0 saturated heterocycles. The number of carbonyl (C=O) groups is 1. The Bertz CT molecular complexity index is 1100. The van der Waals surface area contributed by atoms with E-state index in [1.807, 2.05) is 14.1 Å². The highest BCUT2D eigenvalue weighted by atomic mass is 32.2. The van der Waals surface area contributed by atoms with Crippen LogP contribution >= 0.6 is 0 Å². The van der Waals surface area contributed by atoms with Crippen molar-refractivity contribution in [3.8, 4) is 0 Å². The standard InChI is InChI=1S/C33H60N2O7S/c1-22(9-12-29(39)34-15-7-16-35(5,6)17-8-18-43(40,41)42)25-10-11-26-30-27(37)20-23-19-24(36)13-14-31(23,2)32(30,3)21-28(38)33(25,26)4/h22-28,30,36-38H,7-21H2,1-6H3,(H-,34,39,40,41,42)/t22-,23+,24-,25-,26+,27-,28+,30-,31+,32+,33-/m1/s1. The van der Waals surface area contributed by atoms with Gasteiger partial charge in [0.1, 0.15) is 0 Å². The smallest absolute Gasteiger partial charge is 0.220 e. The van der Waals surface area contributed by atoms with Crippen LogP contribution in [0.4, 0.5) is 0 Å². The number of hydrogen-bond acceptors (Lipinski definition) is 7. The first-order valence-corrected chi connectivity index (χ1v) is 18.5. The molecule has 10 heteroatoms. The highest BCUT2D eigenvalue weighted by molar-refractivity contribution is 7.85. The first-order chi connectivity index (χ1) is 19.8. The molecule has 9 nitrogen and oxygen atoms in total. The molecule has 0 aromatic carbocycles. The van der Waals surface area contributed by atoms with Gasteiger partial charge < -0.3 is 29.7 Å². The highest BCUT2D eigenvalue weighted by Gasteiger charge is 2.70. The molecule has 4 N–H and O–H groups in total. The van der Waals surface area contributed by atoms with E-state index in [2.05, 4.69) is 33.0 Å². The molecule has 4 aliphatic rings. The minimum atomic E-state index is -4.19. The van der Waals surface area contributed by atoms with Gasteiger partial charge in [0, 0.05) is 31.6 Å². The van der Waals surface area contributed by atoms with Crippen LogP contribution in [0, 0.1) is 45.8 Å². The molecule has 4 fully saturated rings.